The third kappa shape index (κ3) is 7.26. The van der Waals surface area contributed by atoms with E-state index in [1.807, 2.05) is 0 Å². The minimum atomic E-state index is 0.272. The van der Waals surface area contributed by atoms with Crippen molar-refractivity contribution in [3.63, 3.8) is 0 Å². The Bertz CT molecular complexity index is 627. The molecule has 7 nitrogen and oxygen atoms in total. The summed E-state index contributed by atoms with van der Waals surface area (Å²) in [5.74, 6) is 0.895. The van der Waals surface area contributed by atoms with Gasteiger partial charge in [-0.25, -0.2) is 0 Å². The van der Waals surface area contributed by atoms with Gasteiger partial charge in [0, 0.05) is 45.8 Å². The first-order valence-corrected chi connectivity index (χ1v) is 11.0. The summed E-state index contributed by atoms with van der Waals surface area (Å²) in [6, 6.07) is 9.08. The standard InChI is InChI=1S/C22H37N5O2/c1-3-23-22(24-7-8-26-9-13-28-14-10-26)25-18-21(27-11-15-29-16-12-27)20-6-4-5-19(2)17-20/h4-6,17,21H,3,7-16,18H2,1-2H3,(H2,23,24,25). The molecule has 0 saturated carbocycles. The van der Waals surface area contributed by atoms with Gasteiger partial charge < -0.3 is 20.1 Å². The van der Waals surface area contributed by atoms with Crippen molar-refractivity contribution < 1.29 is 9.47 Å². The molecule has 162 valence electrons. The summed E-state index contributed by atoms with van der Waals surface area (Å²) in [4.78, 5) is 9.88. The van der Waals surface area contributed by atoms with Crippen LogP contribution in [0.3, 0.4) is 0 Å². The predicted octanol–water partition coefficient (Wildman–Crippen LogP) is 1.26. The molecule has 0 aromatic heterocycles. The quantitative estimate of drug-likeness (QED) is 0.503. The average molecular weight is 404 g/mol. The number of ether oxygens (including phenoxy) is 2. The van der Waals surface area contributed by atoms with Crippen LogP contribution in [0.1, 0.15) is 24.1 Å². The Morgan fingerprint density at radius 2 is 1.79 bits per heavy atom. The summed E-state index contributed by atoms with van der Waals surface area (Å²) in [5.41, 5.74) is 2.63. The first-order chi connectivity index (χ1) is 14.3. The first-order valence-electron chi connectivity index (χ1n) is 11.0. The zero-order valence-electron chi connectivity index (χ0n) is 18.0. The van der Waals surface area contributed by atoms with E-state index in [0.29, 0.717) is 0 Å². The minimum absolute atomic E-state index is 0.272. The van der Waals surface area contributed by atoms with Crippen LogP contribution in [0.2, 0.25) is 0 Å². The monoisotopic (exact) mass is 403 g/mol. The fourth-order valence-electron chi connectivity index (χ4n) is 3.87. The number of nitrogens with one attached hydrogen (secondary N) is 2. The Labute approximate surface area is 175 Å². The van der Waals surface area contributed by atoms with Gasteiger partial charge in [-0.05, 0) is 19.4 Å². The Balaban J connectivity index is 1.62. The van der Waals surface area contributed by atoms with Crippen molar-refractivity contribution in [3.05, 3.63) is 35.4 Å². The number of nitrogens with zero attached hydrogens (tertiary/aromatic N) is 3. The largest absolute Gasteiger partial charge is 0.379 e. The minimum Gasteiger partial charge on any atom is -0.379 e. The van der Waals surface area contributed by atoms with Crippen LogP contribution in [0.25, 0.3) is 0 Å². The lowest BCUT2D eigenvalue weighted by atomic mass is 10.0. The van der Waals surface area contributed by atoms with E-state index >= 15 is 0 Å². The molecule has 0 radical (unpaired) electrons. The normalized spacial score (nSPS) is 20.4. The molecule has 7 heteroatoms. The van der Waals surface area contributed by atoms with Crippen molar-refractivity contribution in [1.29, 1.82) is 0 Å². The molecular formula is C22H37N5O2. The molecule has 2 heterocycles. The molecule has 1 aromatic carbocycles. The number of hydrogen-bond acceptors (Lipinski definition) is 5. The van der Waals surface area contributed by atoms with Crippen molar-refractivity contribution in [2.45, 2.75) is 19.9 Å². The summed E-state index contributed by atoms with van der Waals surface area (Å²) in [5, 5.41) is 6.90. The number of benzene rings is 1. The van der Waals surface area contributed by atoms with Gasteiger partial charge in [-0.3, -0.25) is 14.8 Å². The van der Waals surface area contributed by atoms with Gasteiger partial charge in [0.25, 0.3) is 0 Å². The predicted molar refractivity (Wildman–Crippen MR) is 118 cm³/mol. The number of aryl methyl sites for hydroxylation is 1. The molecule has 1 aromatic rings. The van der Waals surface area contributed by atoms with E-state index in [4.69, 9.17) is 14.5 Å². The molecule has 2 aliphatic heterocycles. The molecule has 0 aliphatic carbocycles. The molecule has 1 unspecified atom stereocenters. The van der Waals surface area contributed by atoms with Crippen molar-refractivity contribution in [3.8, 4) is 0 Å². The van der Waals surface area contributed by atoms with Crippen molar-refractivity contribution >= 4 is 5.96 Å². The number of aliphatic imine (C=N–C) groups is 1. The van der Waals surface area contributed by atoms with E-state index in [9.17, 15) is 0 Å². The Morgan fingerprint density at radius 1 is 1.07 bits per heavy atom. The molecule has 2 fully saturated rings. The third-order valence-electron chi connectivity index (χ3n) is 5.50. The number of morpholine rings is 2. The lowest BCUT2D eigenvalue weighted by Gasteiger charge is -2.34. The molecule has 1 atom stereocenters. The average Bonchev–Trinajstić information content (AvgIpc) is 2.75. The lowest BCUT2D eigenvalue weighted by molar-refractivity contribution is 0.0179. The van der Waals surface area contributed by atoms with Crippen LogP contribution in [-0.4, -0.2) is 94.5 Å². The summed E-state index contributed by atoms with van der Waals surface area (Å²) in [6.45, 7) is 15.0. The maximum absolute atomic E-state index is 5.57. The van der Waals surface area contributed by atoms with E-state index in [1.54, 1.807) is 0 Å². The Morgan fingerprint density at radius 3 is 2.48 bits per heavy atom. The van der Waals surface area contributed by atoms with Crippen LogP contribution in [0.15, 0.2) is 29.3 Å². The van der Waals surface area contributed by atoms with Crippen LogP contribution in [0.5, 0.6) is 0 Å². The van der Waals surface area contributed by atoms with Crippen LogP contribution in [0, 0.1) is 6.92 Å². The van der Waals surface area contributed by atoms with Gasteiger partial charge in [-0.15, -0.1) is 0 Å². The molecular weight excluding hydrogens is 366 g/mol. The van der Waals surface area contributed by atoms with Crippen molar-refractivity contribution in [2.75, 3.05) is 78.8 Å². The molecule has 0 amide bonds. The maximum atomic E-state index is 5.57. The van der Waals surface area contributed by atoms with Gasteiger partial charge >= 0.3 is 0 Å². The zero-order chi connectivity index (χ0) is 20.3. The van der Waals surface area contributed by atoms with Crippen LogP contribution >= 0.6 is 0 Å². The second kappa shape index (κ2) is 12.1. The highest BCUT2D eigenvalue weighted by Crippen LogP contribution is 2.23. The number of rotatable bonds is 8. The van der Waals surface area contributed by atoms with Crippen LogP contribution in [0.4, 0.5) is 0 Å². The number of hydrogen-bond donors (Lipinski definition) is 2. The van der Waals surface area contributed by atoms with Gasteiger partial charge in [-0.2, -0.15) is 0 Å². The van der Waals surface area contributed by atoms with Gasteiger partial charge in [0.2, 0.25) is 0 Å². The first kappa shape index (κ1) is 22.0. The molecule has 2 N–H and O–H groups in total. The SMILES string of the molecule is CCNC(=NCC(c1cccc(C)c1)N1CCOCC1)NCCN1CCOCC1. The van der Waals surface area contributed by atoms with Gasteiger partial charge in [-0.1, -0.05) is 29.8 Å². The lowest BCUT2D eigenvalue weighted by Crippen LogP contribution is -2.45. The van der Waals surface area contributed by atoms with Crippen molar-refractivity contribution in [1.82, 2.24) is 20.4 Å². The Hall–Kier alpha value is -1.67. The van der Waals surface area contributed by atoms with E-state index < -0.39 is 0 Å². The molecule has 0 spiro atoms. The zero-order valence-corrected chi connectivity index (χ0v) is 18.0. The fraction of sp³-hybridized carbons (Fsp3) is 0.682. The molecule has 29 heavy (non-hydrogen) atoms. The molecule has 3 rings (SSSR count). The molecule has 2 saturated heterocycles. The highest BCUT2D eigenvalue weighted by molar-refractivity contribution is 5.79. The second-order valence-corrected chi connectivity index (χ2v) is 7.68. The summed E-state index contributed by atoms with van der Waals surface area (Å²) in [7, 11) is 0. The fourth-order valence-corrected chi connectivity index (χ4v) is 3.87. The topological polar surface area (TPSA) is 61.4 Å². The van der Waals surface area contributed by atoms with E-state index in [0.717, 1.165) is 84.7 Å². The van der Waals surface area contributed by atoms with E-state index in [2.05, 4.69) is 58.5 Å². The number of guanidine groups is 1. The van der Waals surface area contributed by atoms with Crippen LogP contribution in [-0.2, 0) is 9.47 Å². The highest BCUT2D eigenvalue weighted by atomic mass is 16.5. The highest BCUT2D eigenvalue weighted by Gasteiger charge is 2.22. The van der Waals surface area contributed by atoms with Crippen LogP contribution < -0.4 is 10.6 Å². The third-order valence-corrected chi connectivity index (χ3v) is 5.50. The molecule has 2 aliphatic rings. The summed E-state index contributed by atoms with van der Waals surface area (Å²) >= 11 is 0. The molecule has 0 bridgehead atoms. The maximum Gasteiger partial charge on any atom is 0.191 e. The van der Waals surface area contributed by atoms with Gasteiger partial charge in [0.15, 0.2) is 5.96 Å². The van der Waals surface area contributed by atoms with E-state index in [1.165, 1.54) is 11.1 Å². The second-order valence-electron chi connectivity index (χ2n) is 7.68. The van der Waals surface area contributed by atoms with Gasteiger partial charge in [0.1, 0.15) is 0 Å². The van der Waals surface area contributed by atoms with Crippen molar-refractivity contribution in [2.24, 2.45) is 4.99 Å². The van der Waals surface area contributed by atoms with Gasteiger partial charge in [0.05, 0.1) is 39.0 Å². The smallest absolute Gasteiger partial charge is 0.191 e. The summed E-state index contributed by atoms with van der Waals surface area (Å²) < 4.78 is 11.0. The Kier molecular flexibility index (Phi) is 9.21. The summed E-state index contributed by atoms with van der Waals surface area (Å²) in [6.07, 6.45) is 0. The van der Waals surface area contributed by atoms with E-state index in [-0.39, 0.29) is 6.04 Å².